The third-order valence-electron chi connectivity index (χ3n) is 3.12. The van der Waals surface area contributed by atoms with Crippen molar-refractivity contribution in [1.82, 2.24) is 0 Å². The van der Waals surface area contributed by atoms with Crippen molar-refractivity contribution in [3.05, 3.63) is 34.9 Å². The van der Waals surface area contributed by atoms with Crippen molar-refractivity contribution in [2.75, 3.05) is 0 Å². The summed E-state index contributed by atoms with van der Waals surface area (Å²) in [6.45, 7) is 14.4. The van der Waals surface area contributed by atoms with Crippen molar-refractivity contribution in [3.8, 4) is 0 Å². The Kier molecular flexibility index (Phi) is 8.94. The molecule has 1 unspecified atom stereocenters. The number of carbonyl (C=O) groups excluding carboxylic acids is 1. The molecule has 0 amide bonds. The predicted octanol–water partition coefficient (Wildman–Crippen LogP) is 5.21. The van der Waals surface area contributed by atoms with Gasteiger partial charge in [0, 0.05) is 6.08 Å². The Labute approximate surface area is 124 Å². The lowest BCUT2D eigenvalue weighted by molar-refractivity contribution is -0.141. The van der Waals surface area contributed by atoms with E-state index in [4.69, 9.17) is 4.74 Å². The first-order valence-corrected chi connectivity index (χ1v) is 7.40. The van der Waals surface area contributed by atoms with Gasteiger partial charge in [0.1, 0.15) is 0 Å². The van der Waals surface area contributed by atoms with E-state index in [-0.39, 0.29) is 12.1 Å². The summed E-state index contributed by atoms with van der Waals surface area (Å²) < 4.78 is 5.07. The first kappa shape index (κ1) is 18.7. The molecule has 0 radical (unpaired) electrons. The molecule has 0 fully saturated rings. The summed E-state index contributed by atoms with van der Waals surface area (Å²) in [6, 6.07) is 0. The smallest absolute Gasteiger partial charge is 0.331 e. The van der Waals surface area contributed by atoms with Crippen LogP contribution in [0.4, 0.5) is 0 Å². The lowest BCUT2D eigenvalue weighted by Crippen LogP contribution is -2.08. The van der Waals surface area contributed by atoms with Crippen LogP contribution in [0.25, 0.3) is 0 Å². The van der Waals surface area contributed by atoms with E-state index in [9.17, 15) is 4.79 Å². The molecule has 0 spiro atoms. The van der Waals surface area contributed by atoms with Gasteiger partial charge in [-0.15, -0.1) is 0 Å². The Morgan fingerprint density at radius 1 is 1.10 bits per heavy atom. The van der Waals surface area contributed by atoms with Crippen LogP contribution in [-0.2, 0) is 9.53 Å². The van der Waals surface area contributed by atoms with E-state index < -0.39 is 0 Å². The molecule has 0 aromatic heterocycles. The largest absolute Gasteiger partial charge is 0.460 e. The molecule has 2 heteroatoms. The maximum Gasteiger partial charge on any atom is 0.331 e. The highest BCUT2D eigenvalue weighted by Crippen LogP contribution is 2.18. The van der Waals surface area contributed by atoms with E-state index in [1.165, 1.54) is 11.1 Å². The first-order chi connectivity index (χ1) is 9.22. The van der Waals surface area contributed by atoms with Gasteiger partial charge in [0.25, 0.3) is 0 Å². The topological polar surface area (TPSA) is 26.3 Å². The fraction of sp³-hybridized carbons (Fsp3) is 0.611. The molecule has 0 aromatic rings. The molecule has 1 atom stereocenters. The third-order valence-corrected chi connectivity index (χ3v) is 3.12. The highest BCUT2D eigenvalue weighted by Gasteiger charge is 2.03. The summed E-state index contributed by atoms with van der Waals surface area (Å²) >= 11 is 0. The van der Waals surface area contributed by atoms with Gasteiger partial charge in [0.05, 0.1) is 6.10 Å². The lowest BCUT2D eigenvalue weighted by Gasteiger charge is -2.10. The third kappa shape index (κ3) is 9.60. The quantitative estimate of drug-likeness (QED) is 0.276. The van der Waals surface area contributed by atoms with Gasteiger partial charge in [-0.1, -0.05) is 30.2 Å². The fourth-order valence-electron chi connectivity index (χ4n) is 1.80. The lowest BCUT2D eigenvalue weighted by atomic mass is 9.96. The fourth-order valence-corrected chi connectivity index (χ4v) is 1.80. The molecular weight excluding hydrogens is 248 g/mol. The molecule has 20 heavy (non-hydrogen) atoms. The highest BCUT2D eigenvalue weighted by molar-refractivity contribution is 5.83. The van der Waals surface area contributed by atoms with Crippen LogP contribution in [0.1, 0.15) is 61.3 Å². The van der Waals surface area contributed by atoms with E-state index in [0.717, 1.165) is 18.4 Å². The Hall–Kier alpha value is -1.31. The minimum Gasteiger partial charge on any atom is -0.460 e. The molecule has 0 heterocycles. The van der Waals surface area contributed by atoms with Gasteiger partial charge < -0.3 is 4.74 Å². The Balaban J connectivity index is 4.27. The average Bonchev–Trinajstić information content (AvgIpc) is 2.26. The van der Waals surface area contributed by atoms with Crippen molar-refractivity contribution in [3.63, 3.8) is 0 Å². The molecule has 0 aliphatic rings. The summed E-state index contributed by atoms with van der Waals surface area (Å²) in [5.41, 5.74) is 3.81. The van der Waals surface area contributed by atoms with Crippen molar-refractivity contribution in [2.45, 2.75) is 67.4 Å². The molecule has 2 nitrogen and oxygen atoms in total. The molecule has 0 aliphatic heterocycles. The molecule has 0 bridgehead atoms. The molecule has 0 saturated heterocycles. The number of carbonyl (C=O) groups is 1. The van der Waals surface area contributed by atoms with E-state index in [0.29, 0.717) is 5.92 Å². The molecule has 0 N–H and O–H groups in total. The number of hydrogen-bond acceptors (Lipinski definition) is 2. The molecule has 0 aliphatic carbocycles. The maximum atomic E-state index is 11.4. The number of allylic oxidation sites excluding steroid dienone is 5. The second-order valence-corrected chi connectivity index (χ2v) is 6.10. The minimum atomic E-state index is -0.268. The summed E-state index contributed by atoms with van der Waals surface area (Å²) in [5.74, 6) is 0.354. The molecule has 0 rings (SSSR count). The van der Waals surface area contributed by atoms with Crippen LogP contribution in [0, 0.1) is 5.92 Å². The second kappa shape index (κ2) is 9.57. The monoisotopic (exact) mass is 278 g/mol. The van der Waals surface area contributed by atoms with Crippen LogP contribution in [0.15, 0.2) is 34.9 Å². The Morgan fingerprint density at radius 2 is 1.70 bits per heavy atom. The van der Waals surface area contributed by atoms with Gasteiger partial charge in [-0.05, 0) is 65.9 Å². The number of ether oxygens (including phenoxy) is 1. The maximum absolute atomic E-state index is 11.4. The van der Waals surface area contributed by atoms with Gasteiger partial charge in [0.15, 0.2) is 0 Å². The number of esters is 1. The number of rotatable bonds is 7. The van der Waals surface area contributed by atoms with Gasteiger partial charge in [0.2, 0.25) is 0 Å². The molecular formula is C18H30O2. The number of hydrogen-bond donors (Lipinski definition) is 0. The summed E-state index contributed by atoms with van der Waals surface area (Å²) in [5, 5.41) is 0. The summed E-state index contributed by atoms with van der Waals surface area (Å²) in [7, 11) is 0. The highest BCUT2D eigenvalue weighted by atomic mass is 16.5. The van der Waals surface area contributed by atoms with E-state index in [1.54, 1.807) is 6.08 Å². The van der Waals surface area contributed by atoms with Crippen LogP contribution in [0.5, 0.6) is 0 Å². The van der Waals surface area contributed by atoms with Crippen LogP contribution < -0.4 is 0 Å². The van der Waals surface area contributed by atoms with Crippen LogP contribution in [0.3, 0.4) is 0 Å². The summed E-state index contributed by atoms with van der Waals surface area (Å²) in [4.78, 5) is 11.4. The normalized spacial score (nSPS) is 13.7. The Morgan fingerprint density at radius 3 is 2.20 bits per heavy atom. The zero-order valence-corrected chi connectivity index (χ0v) is 14.1. The van der Waals surface area contributed by atoms with E-state index in [2.05, 4.69) is 33.8 Å². The molecule has 114 valence electrons. The second-order valence-electron chi connectivity index (χ2n) is 6.10. The van der Waals surface area contributed by atoms with Crippen molar-refractivity contribution in [2.24, 2.45) is 5.92 Å². The van der Waals surface area contributed by atoms with Crippen molar-refractivity contribution in [1.29, 1.82) is 0 Å². The zero-order chi connectivity index (χ0) is 15.7. The van der Waals surface area contributed by atoms with Crippen LogP contribution in [-0.4, -0.2) is 12.1 Å². The van der Waals surface area contributed by atoms with Crippen LogP contribution in [0.2, 0.25) is 0 Å². The SMILES string of the molecule is CC(C=CCC(C)CC(C)=C(C)C)=CC(=O)OC(C)C. The van der Waals surface area contributed by atoms with E-state index in [1.807, 2.05) is 26.8 Å². The van der Waals surface area contributed by atoms with Gasteiger partial charge in [-0.2, -0.15) is 0 Å². The Bertz CT molecular complexity index is 394. The van der Waals surface area contributed by atoms with Gasteiger partial charge in [-0.25, -0.2) is 4.79 Å². The molecule has 0 aromatic carbocycles. The molecule has 0 saturated carbocycles. The zero-order valence-electron chi connectivity index (χ0n) is 14.1. The first-order valence-electron chi connectivity index (χ1n) is 7.40. The van der Waals surface area contributed by atoms with Crippen LogP contribution >= 0.6 is 0 Å². The minimum absolute atomic E-state index is 0.0670. The van der Waals surface area contributed by atoms with E-state index >= 15 is 0 Å². The average molecular weight is 278 g/mol. The van der Waals surface area contributed by atoms with Gasteiger partial charge >= 0.3 is 5.97 Å². The van der Waals surface area contributed by atoms with Crippen molar-refractivity contribution >= 4 is 5.97 Å². The summed E-state index contributed by atoms with van der Waals surface area (Å²) in [6.07, 6.45) is 7.76. The predicted molar refractivity (Wildman–Crippen MR) is 86.6 cm³/mol. The van der Waals surface area contributed by atoms with Crippen molar-refractivity contribution < 1.29 is 9.53 Å². The van der Waals surface area contributed by atoms with Gasteiger partial charge in [-0.3, -0.25) is 0 Å². The standard InChI is InChI=1S/C18H30O2/c1-13(2)17(7)11-15(5)9-8-10-16(6)12-18(19)20-14(3)4/h8,10,12,14-15H,9,11H2,1-7H3.